The van der Waals surface area contributed by atoms with Gasteiger partial charge in [0.15, 0.2) is 0 Å². The highest BCUT2D eigenvalue weighted by atomic mass is 16.5. The van der Waals surface area contributed by atoms with Gasteiger partial charge in [-0.15, -0.1) is 0 Å². The normalized spacial score (nSPS) is 15.0. The number of ether oxygens (including phenoxy) is 1. The maximum atomic E-state index is 12.5. The molecule has 0 aromatic heterocycles. The molecule has 0 amide bonds. The highest BCUT2D eigenvalue weighted by Gasteiger charge is 2.30. The van der Waals surface area contributed by atoms with Gasteiger partial charge in [-0.2, -0.15) is 0 Å². The zero-order chi connectivity index (χ0) is 29.5. The van der Waals surface area contributed by atoms with Crippen molar-refractivity contribution in [1.29, 1.82) is 0 Å². The number of carbonyl (C=O) groups is 1. The molecule has 3 unspecified atom stereocenters. The van der Waals surface area contributed by atoms with Crippen LogP contribution in [-0.2, 0) is 22.4 Å². The van der Waals surface area contributed by atoms with Crippen molar-refractivity contribution < 1.29 is 9.53 Å². The third-order valence-electron chi connectivity index (χ3n) is 9.96. The van der Waals surface area contributed by atoms with Gasteiger partial charge in [0.1, 0.15) is 0 Å². The molecule has 0 bridgehead atoms. The van der Waals surface area contributed by atoms with E-state index in [0.717, 1.165) is 32.1 Å². The molecule has 3 atom stereocenters. The quantitative estimate of drug-likeness (QED) is 0.143. The molecule has 2 heteroatoms. The minimum atomic E-state index is -0.478. The lowest BCUT2D eigenvalue weighted by molar-refractivity contribution is -0.151. The Bertz CT molecular complexity index is 1470. The van der Waals surface area contributed by atoms with Crippen molar-refractivity contribution in [2.75, 3.05) is 7.11 Å². The molecule has 0 fully saturated rings. The van der Waals surface area contributed by atoms with Crippen LogP contribution in [-0.4, -0.2) is 13.1 Å². The molecule has 1 aliphatic rings. The summed E-state index contributed by atoms with van der Waals surface area (Å²) in [6.07, 6.45) is 10.0. The fourth-order valence-corrected chi connectivity index (χ4v) is 6.94. The Labute approximate surface area is 253 Å². The Morgan fingerprint density at radius 2 is 1.26 bits per heavy atom. The number of hydrogen-bond acceptors (Lipinski definition) is 2. The van der Waals surface area contributed by atoms with E-state index in [9.17, 15) is 4.79 Å². The van der Waals surface area contributed by atoms with E-state index in [-0.39, 0.29) is 5.97 Å². The lowest BCUT2D eigenvalue weighted by Crippen LogP contribution is -2.26. The Balaban J connectivity index is 1.39. The summed E-state index contributed by atoms with van der Waals surface area (Å²) >= 11 is 0. The molecule has 1 aliphatic carbocycles. The second kappa shape index (κ2) is 13.7. The summed E-state index contributed by atoms with van der Waals surface area (Å²) < 4.78 is 5.15. The molecular weight excluding hydrogens is 512 g/mol. The third kappa shape index (κ3) is 7.14. The second-order valence-corrected chi connectivity index (χ2v) is 13.1. The van der Waals surface area contributed by atoms with Gasteiger partial charge in [0.2, 0.25) is 0 Å². The molecule has 2 nitrogen and oxygen atoms in total. The van der Waals surface area contributed by atoms with E-state index >= 15 is 0 Å². The van der Waals surface area contributed by atoms with Gasteiger partial charge in [-0.25, -0.2) is 0 Å². The lowest BCUT2D eigenvalue weighted by Gasteiger charge is -2.29. The van der Waals surface area contributed by atoms with Crippen molar-refractivity contribution in [3.63, 3.8) is 0 Å². The number of esters is 1. The van der Waals surface area contributed by atoms with Gasteiger partial charge in [0.25, 0.3) is 0 Å². The molecule has 42 heavy (non-hydrogen) atoms. The van der Waals surface area contributed by atoms with Gasteiger partial charge < -0.3 is 4.74 Å². The summed E-state index contributed by atoms with van der Waals surface area (Å²) in [7, 11) is 1.51. The van der Waals surface area contributed by atoms with Crippen LogP contribution in [0, 0.1) is 5.41 Å². The Morgan fingerprint density at radius 3 is 1.90 bits per heavy atom. The highest BCUT2D eigenvalue weighted by Crippen LogP contribution is 2.40. The van der Waals surface area contributed by atoms with E-state index in [2.05, 4.69) is 97.9 Å². The third-order valence-corrected chi connectivity index (χ3v) is 9.96. The summed E-state index contributed by atoms with van der Waals surface area (Å²) in [5.74, 6) is 1.40. The molecule has 0 aliphatic heterocycles. The largest absolute Gasteiger partial charge is 0.469 e. The van der Waals surface area contributed by atoms with Crippen LogP contribution in [0.3, 0.4) is 0 Å². The zero-order valence-corrected chi connectivity index (χ0v) is 26.1. The summed E-state index contributed by atoms with van der Waals surface area (Å²) in [6.45, 7) is 6.38. The van der Waals surface area contributed by atoms with E-state index in [1.165, 1.54) is 71.4 Å². The summed E-state index contributed by atoms with van der Waals surface area (Å²) in [4.78, 5) is 12.5. The molecule has 0 radical (unpaired) electrons. The minimum absolute atomic E-state index is 0.112. The number of rotatable bonds is 14. The van der Waals surface area contributed by atoms with Crippen LogP contribution in [0.4, 0.5) is 0 Å². The van der Waals surface area contributed by atoms with Gasteiger partial charge >= 0.3 is 5.97 Å². The smallest absolute Gasteiger partial charge is 0.311 e. The Hall–Kier alpha value is -3.39. The maximum Gasteiger partial charge on any atom is 0.311 e. The van der Waals surface area contributed by atoms with Gasteiger partial charge in [-0.1, -0.05) is 97.9 Å². The molecular formula is C40H48O2. The van der Waals surface area contributed by atoms with Crippen LogP contribution in [0.1, 0.15) is 111 Å². The standard InChI is InChI=1S/C40H48O2/c1-5-29(30-11-7-6-8-12-30)15-16-32(36-22-19-31-13-9-10-14-35(31)27-36)17-18-34(25-26-40(2,3)39(41)42-4)38-24-21-33-20-23-37(33)28-38/h6-14,19,21-22,24,27-29,32,34H,5,15-18,20,23,25-26H2,1-4H3. The van der Waals surface area contributed by atoms with Gasteiger partial charge in [0.05, 0.1) is 12.5 Å². The Kier molecular flexibility index (Phi) is 9.83. The fourth-order valence-electron chi connectivity index (χ4n) is 6.94. The van der Waals surface area contributed by atoms with Crippen LogP contribution in [0.25, 0.3) is 10.8 Å². The van der Waals surface area contributed by atoms with E-state index in [1.807, 2.05) is 13.8 Å². The predicted molar refractivity (Wildman–Crippen MR) is 176 cm³/mol. The minimum Gasteiger partial charge on any atom is -0.469 e. The molecule has 0 saturated heterocycles. The first-order chi connectivity index (χ1) is 20.4. The maximum absolute atomic E-state index is 12.5. The number of benzene rings is 4. The van der Waals surface area contributed by atoms with Crippen molar-refractivity contribution in [1.82, 2.24) is 0 Å². The number of carbonyl (C=O) groups excluding carboxylic acids is 1. The molecule has 5 rings (SSSR count). The molecule has 4 aromatic carbocycles. The number of methoxy groups -OCH3 is 1. The molecule has 220 valence electrons. The molecule has 0 N–H and O–H groups in total. The van der Waals surface area contributed by atoms with Gasteiger partial charge in [0, 0.05) is 0 Å². The van der Waals surface area contributed by atoms with Crippen molar-refractivity contribution in [3.8, 4) is 0 Å². The summed E-state index contributed by atoms with van der Waals surface area (Å²) in [5, 5.41) is 2.63. The van der Waals surface area contributed by atoms with Crippen LogP contribution < -0.4 is 0 Å². The number of hydrogen-bond donors (Lipinski definition) is 0. The van der Waals surface area contributed by atoms with E-state index in [0.29, 0.717) is 17.8 Å². The van der Waals surface area contributed by atoms with Crippen LogP contribution in [0.15, 0.2) is 91.0 Å². The molecule has 0 spiro atoms. The van der Waals surface area contributed by atoms with Crippen LogP contribution in [0.5, 0.6) is 0 Å². The first-order valence-electron chi connectivity index (χ1n) is 16.1. The summed E-state index contributed by atoms with van der Waals surface area (Å²) in [6, 6.07) is 34.1. The predicted octanol–water partition coefficient (Wildman–Crippen LogP) is 10.5. The highest BCUT2D eigenvalue weighted by molar-refractivity contribution is 5.83. The summed E-state index contributed by atoms with van der Waals surface area (Å²) in [5.41, 5.74) is 6.92. The average molecular weight is 561 g/mol. The van der Waals surface area contributed by atoms with Crippen LogP contribution in [0.2, 0.25) is 0 Å². The van der Waals surface area contributed by atoms with Crippen molar-refractivity contribution in [2.24, 2.45) is 5.41 Å². The number of aryl methyl sites for hydroxylation is 2. The molecule has 0 heterocycles. The van der Waals surface area contributed by atoms with E-state index in [1.54, 1.807) is 0 Å². The van der Waals surface area contributed by atoms with Gasteiger partial charge in [-0.05, 0) is 128 Å². The van der Waals surface area contributed by atoms with Crippen LogP contribution >= 0.6 is 0 Å². The van der Waals surface area contributed by atoms with E-state index < -0.39 is 5.41 Å². The van der Waals surface area contributed by atoms with E-state index in [4.69, 9.17) is 4.74 Å². The zero-order valence-electron chi connectivity index (χ0n) is 26.1. The first kappa shape index (κ1) is 30.1. The second-order valence-electron chi connectivity index (χ2n) is 13.1. The first-order valence-corrected chi connectivity index (χ1v) is 16.1. The average Bonchev–Trinajstić information content (AvgIpc) is 3.00. The fraction of sp³-hybridized carbons (Fsp3) is 0.425. The lowest BCUT2D eigenvalue weighted by atomic mass is 9.76. The van der Waals surface area contributed by atoms with Crippen molar-refractivity contribution in [3.05, 3.63) is 119 Å². The molecule has 0 saturated carbocycles. The van der Waals surface area contributed by atoms with Gasteiger partial charge in [-0.3, -0.25) is 4.79 Å². The topological polar surface area (TPSA) is 26.3 Å². The monoisotopic (exact) mass is 560 g/mol. The SMILES string of the molecule is CCC(CCC(CCC(CCC(C)(C)C(=O)OC)c1ccc2c(c1)CC2)c1ccc2ccccc2c1)c1ccccc1. The van der Waals surface area contributed by atoms with Crippen molar-refractivity contribution >= 4 is 16.7 Å². The Morgan fingerprint density at radius 1 is 0.667 bits per heavy atom. The number of fused-ring (bicyclic) bond motifs is 2. The molecule has 4 aromatic rings. The van der Waals surface area contributed by atoms with Crippen molar-refractivity contribution in [2.45, 2.75) is 96.3 Å².